The van der Waals surface area contributed by atoms with E-state index in [9.17, 15) is 0 Å². The highest BCUT2D eigenvalue weighted by Gasteiger charge is 2.05. The Bertz CT molecular complexity index is 796. The van der Waals surface area contributed by atoms with E-state index in [0.29, 0.717) is 0 Å². The minimum atomic E-state index is 0.794. The maximum absolute atomic E-state index is 5.88. The van der Waals surface area contributed by atoms with Crippen LogP contribution in [0.2, 0.25) is 0 Å². The molecule has 0 fully saturated rings. The molecule has 0 saturated heterocycles. The van der Waals surface area contributed by atoms with E-state index < -0.39 is 0 Å². The summed E-state index contributed by atoms with van der Waals surface area (Å²) >= 11 is 0. The van der Waals surface area contributed by atoms with Gasteiger partial charge in [-0.05, 0) is 48.9 Å². The SMILES string of the molecule is CCCCCCCCCCOc1ccc(-c2ccn(-c3ccccn3)n2)cc1. The molecule has 0 aliphatic heterocycles. The van der Waals surface area contributed by atoms with Crippen molar-refractivity contribution in [2.45, 2.75) is 58.3 Å². The number of aromatic nitrogens is 3. The van der Waals surface area contributed by atoms with E-state index >= 15 is 0 Å². The molecule has 2 aromatic heterocycles. The maximum atomic E-state index is 5.88. The van der Waals surface area contributed by atoms with Crippen LogP contribution in [0.3, 0.4) is 0 Å². The minimum Gasteiger partial charge on any atom is -0.494 e. The minimum absolute atomic E-state index is 0.794. The molecule has 28 heavy (non-hydrogen) atoms. The van der Waals surface area contributed by atoms with Gasteiger partial charge < -0.3 is 4.74 Å². The molecule has 0 spiro atoms. The zero-order valence-corrected chi connectivity index (χ0v) is 16.9. The van der Waals surface area contributed by atoms with Crippen LogP contribution in [-0.4, -0.2) is 21.4 Å². The summed E-state index contributed by atoms with van der Waals surface area (Å²) in [5, 5.41) is 4.62. The molecule has 0 amide bonds. The number of unbranched alkanes of at least 4 members (excludes halogenated alkanes) is 7. The summed E-state index contributed by atoms with van der Waals surface area (Å²) in [7, 11) is 0. The third-order valence-electron chi connectivity index (χ3n) is 4.89. The van der Waals surface area contributed by atoms with Gasteiger partial charge in [-0.3, -0.25) is 0 Å². The molecular weight excluding hydrogens is 346 g/mol. The van der Waals surface area contributed by atoms with Crippen LogP contribution in [0.1, 0.15) is 58.3 Å². The Kier molecular flexibility index (Phi) is 8.10. The number of nitrogens with zero attached hydrogens (tertiary/aromatic N) is 3. The van der Waals surface area contributed by atoms with Crippen molar-refractivity contribution in [2.75, 3.05) is 6.61 Å². The second kappa shape index (κ2) is 11.3. The number of hydrogen-bond donors (Lipinski definition) is 0. The summed E-state index contributed by atoms with van der Waals surface area (Å²) in [6.45, 7) is 3.06. The number of ether oxygens (including phenoxy) is 1. The third kappa shape index (κ3) is 6.22. The van der Waals surface area contributed by atoms with Crippen LogP contribution in [0.5, 0.6) is 5.75 Å². The molecule has 148 valence electrons. The quantitative estimate of drug-likeness (QED) is 0.340. The smallest absolute Gasteiger partial charge is 0.153 e. The lowest BCUT2D eigenvalue weighted by Crippen LogP contribution is -1.98. The van der Waals surface area contributed by atoms with Crippen molar-refractivity contribution < 1.29 is 4.74 Å². The fourth-order valence-electron chi connectivity index (χ4n) is 3.24. The molecule has 0 aliphatic carbocycles. The molecule has 2 heterocycles. The van der Waals surface area contributed by atoms with Crippen molar-refractivity contribution in [3.63, 3.8) is 0 Å². The van der Waals surface area contributed by atoms with Gasteiger partial charge in [-0.1, -0.05) is 57.9 Å². The molecule has 0 aliphatic rings. The summed E-state index contributed by atoms with van der Waals surface area (Å²) in [4.78, 5) is 4.32. The Morgan fingerprint density at radius 1 is 0.821 bits per heavy atom. The van der Waals surface area contributed by atoms with Gasteiger partial charge in [0.2, 0.25) is 0 Å². The highest BCUT2D eigenvalue weighted by Crippen LogP contribution is 2.22. The largest absolute Gasteiger partial charge is 0.494 e. The first-order valence-electron chi connectivity index (χ1n) is 10.6. The van der Waals surface area contributed by atoms with Gasteiger partial charge in [0.1, 0.15) is 5.75 Å². The second-order valence-corrected chi connectivity index (χ2v) is 7.18. The highest BCUT2D eigenvalue weighted by molar-refractivity contribution is 5.59. The normalized spacial score (nSPS) is 10.9. The first-order valence-corrected chi connectivity index (χ1v) is 10.6. The lowest BCUT2D eigenvalue weighted by molar-refractivity contribution is 0.304. The first kappa shape index (κ1) is 20.1. The molecule has 0 unspecified atom stereocenters. The van der Waals surface area contributed by atoms with E-state index in [1.165, 1.54) is 44.9 Å². The van der Waals surface area contributed by atoms with E-state index in [1.807, 2.05) is 42.6 Å². The molecule has 0 atom stereocenters. The molecule has 0 radical (unpaired) electrons. The predicted molar refractivity (Wildman–Crippen MR) is 115 cm³/mol. The van der Waals surface area contributed by atoms with Crippen molar-refractivity contribution in [3.8, 4) is 22.8 Å². The van der Waals surface area contributed by atoms with Gasteiger partial charge in [0.25, 0.3) is 0 Å². The highest BCUT2D eigenvalue weighted by atomic mass is 16.5. The van der Waals surface area contributed by atoms with E-state index in [2.05, 4.69) is 29.1 Å². The summed E-state index contributed by atoms with van der Waals surface area (Å²) in [6, 6.07) is 16.0. The summed E-state index contributed by atoms with van der Waals surface area (Å²) in [5.74, 6) is 1.75. The van der Waals surface area contributed by atoms with Crippen LogP contribution >= 0.6 is 0 Å². The topological polar surface area (TPSA) is 39.9 Å². The molecule has 0 bridgehead atoms. The van der Waals surface area contributed by atoms with Crippen molar-refractivity contribution in [1.29, 1.82) is 0 Å². The van der Waals surface area contributed by atoms with Crippen LogP contribution in [0.4, 0.5) is 0 Å². The van der Waals surface area contributed by atoms with Crippen LogP contribution in [0.15, 0.2) is 60.9 Å². The number of pyridine rings is 1. The summed E-state index contributed by atoms with van der Waals surface area (Å²) in [6.07, 6.45) is 14.2. The van der Waals surface area contributed by atoms with E-state index in [-0.39, 0.29) is 0 Å². The molecule has 3 rings (SSSR count). The number of benzene rings is 1. The van der Waals surface area contributed by atoms with Crippen LogP contribution in [0, 0.1) is 0 Å². The van der Waals surface area contributed by atoms with Crippen LogP contribution < -0.4 is 4.74 Å². The maximum Gasteiger partial charge on any atom is 0.153 e. The van der Waals surface area contributed by atoms with Gasteiger partial charge in [0, 0.05) is 18.0 Å². The average Bonchev–Trinajstić information content (AvgIpc) is 3.24. The van der Waals surface area contributed by atoms with Crippen LogP contribution in [-0.2, 0) is 0 Å². The summed E-state index contributed by atoms with van der Waals surface area (Å²) in [5.41, 5.74) is 2.01. The van der Waals surface area contributed by atoms with Gasteiger partial charge in [-0.15, -0.1) is 0 Å². The average molecular weight is 378 g/mol. The monoisotopic (exact) mass is 377 g/mol. The second-order valence-electron chi connectivity index (χ2n) is 7.18. The van der Waals surface area contributed by atoms with Gasteiger partial charge in [0.15, 0.2) is 5.82 Å². The molecule has 1 aromatic carbocycles. The molecule has 0 saturated carbocycles. The van der Waals surface area contributed by atoms with Crippen molar-refractivity contribution in [2.24, 2.45) is 0 Å². The lowest BCUT2D eigenvalue weighted by Gasteiger charge is -2.07. The predicted octanol–water partition coefficient (Wildman–Crippen LogP) is 6.45. The molecule has 4 nitrogen and oxygen atoms in total. The Balaban J connectivity index is 1.40. The molecule has 4 heteroatoms. The fourth-order valence-corrected chi connectivity index (χ4v) is 3.24. The van der Waals surface area contributed by atoms with E-state index in [1.54, 1.807) is 10.9 Å². The number of hydrogen-bond acceptors (Lipinski definition) is 3. The van der Waals surface area contributed by atoms with Crippen molar-refractivity contribution in [1.82, 2.24) is 14.8 Å². The van der Waals surface area contributed by atoms with Gasteiger partial charge in [-0.2, -0.15) is 5.10 Å². The van der Waals surface area contributed by atoms with E-state index in [4.69, 9.17) is 4.74 Å². The third-order valence-corrected chi connectivity index (χ3v) is 4.89. The zero-order valence-electron chi connectivity index (χ0n) is 16.9. The first-order chi connectivity index (χ1) is 13.9. The Hall–Kier alpha value is -2.62. The van der Waals surface area contributed by atoms with Gasteiger partial charge in [-0.25, -0.2) is 9.67 Å². The lowest BCUT2D eigenvalue weighted by atomic mass is 10.1. The molecule has 3 aromatic rings. The Labute approximate surface area is 168 Å². The van der Waals surface area contributed by atoms with E-state index in [0.717, 1.165) is 35.9 Å². The molecule has 0 N–H and O–H groups in total. The van der Waals surface area contributed by atoms with Crippen LogP contribution in [0.25, 0.3) is 17.1 Å². The summed E-state index contributed by atoms with van der Waals surface area (Å²) < 4.78 is 7.67. The van der Waals surface area contributed by atoms with Gasteiger partial charge in [0.05, 0.1) is 12.3 Å². The fraction of sp³-hybridized carbons (Fsp3) is 0.417. The standard InChI is InChI=1S/C24H31N3O/c1-2-3-4-5-6-7-8-11-20-28-22-15-13-21(14-16-22)23-17-19-27(26-23)24-12-9-10-18-25-24/h9-10,12-19H,2-8,11,20H2,1H3. The Morgan fingerprint density at radius 2 is 1.57 bits per heavy atom. The number of rotatable bonds is 12. The van der Waals surface area contributed by atoms with Crippen molar-refractivity contribution in [3.05, 3.63) is 60.9 Å². The van der Waals surface area contributed by atoms with Gasteiger partial charge >= 0.3 is 0 Å². The molecular formula is C24H31N3O. The Morgan fingerprint density at radius 3 is 2.29 bits per heavy atom. The van der Waals surface area contributed by atoms with Crippen molar-refractivity contribution >= 4 is 0 Å². The zero-order chi connectivity index (χ0) is 19.4.